The van der Waals surface area contributed by atoms with Crippen molar-refractivity contribution in [1.29, 1.82) is 5.41 Å². The van der Waals surface area contributed by atoms with Gasteiger partial charge in [-0.25, -0.2) is 0 Å². The average Bonchev–Trinajstić information content (AvgIpc) is 3.20. The summed E-state index contributed by atoms with van der Waals surface area (Å²) in [6.07, 6.45) is 19.5. The molecular weight excluding hydrogens is 302 g/mol. The molecule has 3 aliphatic rings. The number of rotatable bonds is 8. The Bertz CT molecular complexity index is 549. The van der Waals surface area contributed by atoms with Crippen molar-refractivity contribution in [1.82, 2.24) is 0 Å². The summed E-state index contributed by atoms with van der Waals surface area (Å²) in [5, 5.41) is 7.25. The van der Waals surface area contributed by atoms with Crippen LogP contribution >= 0.6 is 0 Å². The first kappa shape index (κ1) is 17.2. The summed E-state index contributed by atoms with van der Waals surface area (Å²) in [7, 11) is 0. The second-order valence-corrected chi connectivity index (χ2v) is 6.44. The molecule has 4 heteroatoms. The minimum Gasteiger partial charge on any atom is -0.495 e. The molecule has 24 heavy (non-hydrogen) atoms. The van der Waals surface area contributed by atoms with Gasteiger partial charge in [0, 0.05) is 18.2 Å². The minimum atomic E-state index is -0.185. The highest BCUT2D eigenvalue weighted by atomic mass is 16.7. The second kappa shape index (κ2) is 9.00. The Morgan fingerprint density at radius 3 is 2.71 bits per heavy atom. The van der Waals surface area contributed by atoms with Crippen molar-refractivity contribution in [2.75, 3.05) is 13.2 Å². The van der Waals surface area contributed by atoms with Crippen LogP contribution in [0.5, 0.6) is 0 Å². The largest absolute Gasteiger partial charge is 0.495 e. The SMILES string of the molecule is N=C/C=C(\CCCC1=CCC/C=C(\C2OCCO2)C=C1)OC1CC1. The third-order valence-electron chi connectivity index (χ3n) is 4.34. The smallest absolute Gasteiger partial charge is 0.183 e. The lowest BCUT2D eigenvalue weighted by Gasteiger charge is -2.13. The molecule has 0 aromatic carbocycles. The molecule has 0 aromatic heterocycles. The van der Waals surface area contributed by atoms with Crippen LogP contribution in [0.15, 0.2) is 47.3 Å². The van der Waals surface area contributed by atoms with Crippen molar-refractivity contribution >= 4 is 6.21 Å². The van der Waals surface area contributed by atoms with Crippen LogP contribution in [0.3, 0.4) is 0 Å². The summed E-state index contributed by atoms with van der Waals surface area (Å²) in [5.74, 6) is 0.955. The van der Waals surface area contributed by atoms with Crippen molar-refractivity contribution < 1.29 is 14.2 Å². The predicted molar refractivity (Wildman–Crippen MR) is 95.1 cm³/mol. The first-order valence-electron chi connectivity index (χ1n) is 9.02. The van der Waals surface area contributed by atoms with E-state index in [0.29, 0.717) is 19.3 Å². The van der Waals surface area contributed by atoms with Gasteiger partial charge in [0.25, 0.3) is 0 Å². The van der Waals surface area contributed by atoms with Gasteiger partial charge in [0.05, 0.1) is 25.1 Å². The van der Waals surface area contributed by atoms with Crippen LogP contribution in [-0.2, 0) is 14.2 Å². The molecule has 1 saturated heterocycles. The molecule has 1 saturated carbocycles. The second-order valence-electron chi connectivity index (χ2n) is 6.44. The van der Waals surface area contributed by atoms with E-state index in [2.05, 4.69) is 24.3 Å². The summed E-state index contributed by atoms with van der Waals surface area (Å²) >= 11 is 0. The van der Waals surface area contributed by atoms with Gasteiger partial charge in [-0.3, -0.25) is 0 Å². The van der Waals surface area contributed by atoms with Gasteiger partial charge in [-0.05, 0) is 44.6 Å². The molecule has 4 nitrogen and oxygen atoms in total. The lowest BCUT2D eigenvalue weighted by Crippen LogP contribution is -2.10. The monoisotopic (exact) mass is 329 g/mol. The van der Waals surface area contributed by atoms with E-state index in [0.717, 1.165) is 56.3 Å². The molecular formula is C20H27NO3. The topological polar surface area (TPSA) is 51.5 Å². The van der Waals surface area contributed by atoms with Gasteiger partial charge in [0.1, 0.15) is 0 Å². The summed E-state index contributed by atoms with van der Waals surface area (Å²) in [6, 6.07) is 0. The highest BCUT2D eigenvalue weighted by molar-refractivity contribution is 5.68. The van der Waals surface area contributed by atoms with Gasteiger partial charge in [0.2, 0.25) is 0 Å². The molecule has 0 spiro atoms. The Kier molecular flexibility index (Phi) is 6.44. The lowest BCUT2D eigenvalue weighted by molar-refractivity contribution is -0.00856. The van der Waals surface area contributed by atoms with E-state index >= 15 is 0 Å². The summed E-state index contributed by atoms with van der Waals surface area (Å²) in [5.41, 5.74) is 2.50. The Balaban J connectivity index is 1.48. The zero-order chi connectivity index (χ0) is 16.6. The standard InChI is InChI=1S/C20H27NO3/c21-13-12-18(24-19-10-11-19)7-3-5-16-4-1-2-6-17(9-8-16)20-22-14-15-23-20/h4,6,8-9,12-13,19-21H,1-3,5,7,10-11,14-15H2/b9-8?,16-4?,17-6-,18-12+,21-13?. The molecule has 0 bridgehead atoms. The molecule has 0 radical (unpaired) electrons. The van der Waals surface area contributed by atoms with Crippen LogP contribution in [0.1, 0.15) is 44.9 Å². The Labute approximate surface area is 144 Å². The third kappa shape index (κ3) is 5.46. The highest BCUT2D eigenvalue weighted by Gasteiger charge is 2.24. The average molecular weight is 329 g/mol. The van der Waals surface area contributed by atoms with Gasteiger partial charge in [-0.15, -0.1) is 0 Å². The quantitative estimate of drug-likeness (QED) is 0.529. The molecule has 1 heterocycles. The summed E-state index contributed by atoms with van der Waals surface area (Å²) < 4.78 is 17.1. The van der Waals surface area contributed by atoms with Crippen LogP contribution in [0.25, 0.3) is 0 Å². The zero-order valence-electron chi connectivity index (χ0n) is 14.2. The maximum Gasteiger partial charge on any atom is 0.183 e. The molecule has 1 aliphatic heterocycles. The van der Waals surface area contributed by atoms with Crippen LogP contribution in [-0.4, -0.2) is 31.8 Å². The number of nitrogens with one attached hydrogen (secondary N) is 1. The van der Waals surface area contributed by atoms with Gasteiger partial charge in [-0.2, -0.15) is 0 Å². The molecule has 2 aliphatic carbocycles. The van der Waals surface area contributed by atoms with E-state index in [1.165, 1.54) is 11.8 Å². The Morgan fingerprint density at radius 2 is 1.96 bits per heavy atom. The lowest BCUT2D eigenvalue weighted by atomic mass is 10.0. The number of allylic oxidation sites excluding steroid dienone is 6. The van der Waals surface area contributed by atoms with E-state index in [4.69, 9.17) is 19.6 Å². The van der Waals surface area contributed by atoms with Crippen molar-refractivity contribution in [2.24, 2.45) is 0 Å². The van der Waals surface area contributed by atoms with Crippen LogP contribution in [0.4, 0.5) is 0 Å². The van der Waals surface area contributed by atoms with Crippen LogP contribution in [0, 0.1) is 5.41 Å². The first-order chi connectivity index (χ1) is 11.8. The maximum atomic E-state index is 7.25. The normalized spacial score (nSPS) is 24.8. The van der Waals surface area contributed by atoms with E-state index in [9.17, 15) is 0 Å². The Morgan fingerprint density at radius 1 is 1.17 bits per heavy atom. The molecule has 0 aromatic rings. The summed E-state index contributed by atoms with van der Waals surface area (Å²) in [4.78, 5) is 0. The van der Waals surface area contributed by atoms with Crippen molar-refractivity contribution in [3.63, 3.8) is 0 Å². The van der Waals surface area contributed by atoms with Gasteiger partial charge in [0.15, 0.2) is 6.29 Å². The molecule has 130 valence electrons. The van der Waals surface area contributed by atoms with Crippen molar-refractivity contribution in [2.45, 2.75) is 57.3 Å². The Hall–Kier alpha value is -1.65. The van der Waals surface area contributed by atoms with Crippen LogP contribution in [0.2, 0.25) is 0 Å². The van der Waals surface area contributed by atoms with Gasteiger partial charge in [-0.1, -0.05) is 29.9 Å². The minimum absolute atomic E-state index is 0.185. The number of hydrogen-bond acceptors (Lipinski definition) is 4. The van der Waals surface area contributed by atoms with Crippen LogP contribution < -0.4 is 0 Å². The highest BCUT2D eigenvalue weighted by Crippen LogP contribution is 2.28. The fourth-order valence-electron chi connectivity index (χ4n) is 2.91. The number of hydrogen-bond donors (Lipinski definition) is 1. The fourth-order valence-corrected chi connectivity index (χ4v) is 2.91. The van der Waals surface area contributed by atoms with E-state index in [-0.39, 0.29) is 6.29 Å². The molecule has 0 amide bonds. The van der Waals surface area contributed by atoms with Crippen molar-refractivity contribution in [3.8, 4) is 0 Å². The maximum absolute atomic E-state index is 7.25. The van der Waals surface area contributed by atoms with E-state index < -0.39 is 0 Å². The molecule has 2 fully saturated rings. The first-order valence-corrected chi connectivity index (χ1v) is 9.02. The van der Waals surface area contributed by atoms with Crippen molar-refractivity contribution in [3.05, 3.63) is 47.3 Å². The van der Waals surface area contributed by atoms with Gasteiger partial charge >= 0.3 is 0 Å². The molecule has 1 N–H and O–H groups in total. The number of ether oxygens (including phenoxy) is 3. The third-order valence-corrected chi connectivity index (χ3v) is 4.34. The van der Waals surface area contributed by atoms with E-state index in [1.807, 2.05) is 0 Å². The summed E-state index contributed by atoms with van der Waals surface area (Å²) in [6.45, 7) is 1.36. The molecule has 0 unspecified atom stereocenters. The van der Waals surface area contributed by atoms with E-state index in [1.54, 1.807) is 6.08 Å². The fraction of sp³-hybridized carbons (Fsp3) is 0.550. The predicted octanol–water partition coefficient (Wildman–Crippen LogP) is 4.44. The van der Waals surface area contributed by atoms with Gasteiger partial charge < -0.3 is 19.6 Å². The molecule has 0 atom stereocenters. The zero-order valence-corrected chi connectivity index (χ0v) is 14.2. The molecule has 3 rings (SSSR count).